The van der Waals surface area contributed by atoms with E-state index in [4.69, 9.17) is 0 Å². The maximum Gasteiger partial charge on any atom is 0.257 e. The van der Waals surface area contributed by atoms with Crippen molar-refractivity contribution in [2.75, 3.05) is 39.0 Å². The second kappa shape index (κ2) is 6.89. The normalized spacial score (nSPS) is 16.3. The van der Waals surface area contributed by atoms with E-state index < -0.39 is 0 Å². The fourth-order valence-electron chi connectivity index (χ4n) is 2.82. The summed E-state index contributed by atoms with van der Waals surface area (Å²) >= 11 is 0. The minimum atomic E-state index is 0.0932. The van der Waals surface area contributed by atoms with Gasteiger partial charge in [-0.25, -0.2) is 0 Å². The van der Waals surface area contributed by atoms with Gasteiger partial charge in [0.25, 0.3) is 5.91 Å². The lowest BCUT2D eigenvalue weighted by Gasteiger charge is -2.35. The number of anilines is 1. The Hall–Kier alpha value is -1.62. The number of carbonyl (C=O) groups is 1. The van der Waals surface area contributed by atoms with E-state index in [0.717, 1.165) is 43.9 Å². The van der Waals surface area contributed by atoms with E-state index in [0.29, 0.717) is 11.6 Å². The number of carbonyl (C=O) groups excluding carboxylic acids is 1. The SMILES string of the molecule is CCNc1cc(C)ncc1C(=O)N1CCC(N(C)C)CC1. The Labute approximate surface area is 127 Å². The highest BCUT2D eigenvalue weighted by Crippen LogP contribution is 2.21. The number of nitrogens with zero attached hydrogens (tertiary/aromatic N) is 3. The van der Waals surface area contributed by atoms with E-state index >= 15 is 0 Å². The molecular formula is C16H26N4O. The maximum atomic E-state index is 12.7. The second-order valence-electron chi connectivity index (χ2n) is 5.89. The highest BCUT2D eigenvalue weighted by Gasteiger charge is 2.26. The number of hydrogen-bond donors (Lipinski definition) is 1. The fourth-order valence-corrected chi connectivity index (χ4v) is 2.82. The monoisotopic (exact) mass is 290 g/mol. The predicted octanol–water partition coefficient (Wildman–Crippen LogP) is 1.99. The Morgan fingerprint density at radius 1 is 1.43 bits per heavy atom. The van der Waals surface area contributed by atoms with Crippen molar-refractivity contribution in [3.63, 3.8) is 0 Å². The summed E-state index contributed by atoms with van der Waals surface area (Å²) in [5.74, 6) is 0.0932. The zero-order valence-corrected chi connectivity index (χ0v) is 13.5. The highest BCUT2D eigenvalue weighted by molar-refractivity contribution is 5.99. The van der Waals surface area contributed by atoms with Crippen LogP contribution in [0, 0.1) is 6.92 Å². The average Bonchev–Trinajstić information content (AvgIpc) is 2.47. The smallest absolute Gasteiger partial charge is 0.257 e. The van der Waals surface area contributed by atoms with Crippen molar-refractivity contribution >= 4 is 11.6 Å². The molecule has 1 aromatic rings. The third kappa shape index (κ3) is 3.73. The van der Waals surface area contributed by atoms with Gasteiger partial charge >= 0.3 is 0 Å². The molecule has 0 aromatic carbocycles. The van der Waals surface area contributed by atoms with Crippen LogP contribution < -0.4 is 5.32 Å². The summed E-state index contributed by atoms with van der Waals surface area (Å²) in [6.45, 7) is 6.42. The number of aryl methyl sites for hydroxylation is 1. The number of nitrogens with one attached hydrogen (secondary N) is 1. The number of piperidine rings is 1. The van der Waals surface area contributed by atoms with Gasteiger partial charge < -0.3 is 15.1 Å². The van der Waals surface area contributed by atoms with Crippen molar-refractivity contribution in [3.8, 4) is 0 Å². The van der Waals surface area contributed by atoms with Crippen molar-refractivity contribution < 1.29 is 4.79 Å². The Balaban J connectivity index is 2.10. The Kier molecular flexibility index (Phi) is 5.17. The molecule has 1 saturated heterocycles. The van der Waals surface area contributed by atoms with Crippen molar-refractivity contribution in [1.82, 2.24) is 14.8 Å². The van der Waals surface area contributed by atoms with Crippen LogP contribution in [0.3, 0.4) is 0 Å². The molecule has 1 fully saturated rings. The van der Waals surface area contributed by atoms with Crippen LogP contribution >= 0.6 is 0 Å². The lowest BCUT2D eigenvalue weighted by molar-refractivity contribution is 0.0664. The van der Waals surface area contributed by atoms with Crippen LogP contribution in [0.25, 0.3) is 0 Å². The molecule has 0 atom stereocenters. The molecular weight excluding hydrogens is 264 g/mol. The largest absolute Gasteiger partial charge is 0.385 e. The van der Waals surface area contributed by atoms with Crippen LogP contribution in [-0.2, 0) is 0 Å². The molecule has 21 heavy (non-hydrogen) atoms. The van der Waals surface area contributed by atoms with E-state index in [1.54, 1.807) is 6.20 Å². The molecule has 2 rings (SSSR count). The van der Waals surface area contributed by atoms with Crippen molar-refractivity contribution in [3.05, 3.63) is 23.5 Å². The Morgan fingerprint density at radius 2 is 2.10 bits per heavy atom. The molecule has 1 amide bonds. The standard InChI is InChI=1S/C16H26N4O/c1-5-17-15-10-12(2)18-11-14(15)16(21)20-8-6-13(7-9-20)19(3)4/h10-11,13H,5-9H2,1-4H3,(H,17,18). The molecule has 1 N–H and O–H groups in total. The van der Waals surface area contributed by atoms with E-state index in [2.05, 4.69) is 29.3 Å². The highest BCUT2D eigenvalue weighted by atomic mass is 16.2. The van der Waals surface area contributed by atoms with Gasteiger partial charge in [-0.1, -0.05) is 0 Å². The third-order valence-corrected chi connectivity index (χ3v) is 4.12. The van der Waals surface area contributed by atoms with Gasteiger partial charge in [0, 0.05) is 37.6 Å². The van der Waals surface area contributed by atoms with Gasteiger partial charge in [-0.2, -0.15) is 0 Å². The zero-order valence-electron chi connectivity index (χ0n) is 13.5. The molecule has 1 aromatic heterocycles. The van der Waals surface area contributed by atoms with Gasteiger partial charge in [0.05, 0.1) is 11.3 Å². The van der Waals surface area contributed by atoms with E-state index in [1.807, 2.05) is 24.8 Å². The van der Waals surface area contributed by atoms with Gasteiger partial charge in [0.2, 0.25) is 0 Å². The Morgan fingerprint density at radius 3 is 2.67 bits per heavy atom. The average molecular weight is 290 g/mol. The summed E-state index contributed by atoms with van der Waals surface area (Å²) in [6.07, 6.45) is 3.77. The van der Waals surface area contributed by atoms with E-state index in [1.165, 1.54) is 0 Å². The van der Waals surface area contributed by atoms with E-state index in [-0.39, 0.29) is 5.91 Å². The van der Waals surface area contributed by atoms with Gasteiger partial charge in [0.15, 0.2) is 0 Å². The summed E-state index contributed by atoms with van der Waals surface area (Å²) < 4.78 is 0. The molecule has 5 heteroatoms. The van der Waals surface area contributed by atoms with Crippen molar-refractivity contribution in [2.24, 2.45) is 0 Å². The topological polar surface area (TPSA) is 48.5 Å². The first-order valence-electron chi connectivity index (χ1n) is 7.69. The summed E-state index contributed by atoms with van der Waals surface area (Å²) in [4.78, 5) is 21.2. The molecule has 0 saturated carbocycles. The predicted molar refractivity (Wildman–Crippen MR) is 85.8 cm³/mol. The summed E-state index contributed by atoms with van der Waals surface area (Å²) in [7, 11) is 4.21. The van der Waals surface area contributed by atoms with Crippen molar-refractivity contribution in [1.29, 1.82) is 0 Å². The molecule has 0 spiro atoms. The van der Waals surface area contributed by atoms with Gasteiger partial charge in [-0.05, 0) is 46.9 Å². The summed E-state index contributed by atoms with van der Waals surface area (Å²) in [6, 6.07) is 2.53. The van der Waals surface area contributed by atoms with Crippen LogP contribution in [0.1, 0.15) is 35.8 Å². The van der Waals surface area contributed by atoms with Gasteiger partial charge in [-0.3, -0.25) is 9.78 Å². The first kappa shape index (κ1) is 15.8. The molecule has 1 aliphatic heterocycles. The number of pyridine rings is 1. The maximum absolute atomic E-state index is 12.7. The quantitative estimate of drug-likeness (QED) is 0.921. The number of rotatable bonds is 4. The van der Waals surface area contributed by atoms with Crippen molar-refractivity contribution in [2.45, 2.75) is 32.7 Å². The number of likely N-dealkylation sites (tertiary alicyclic amines) is 1. The van der Waals surface area contributed by atoms with Gasteiger partial charge in [-0.15, -0.1) is 0 Å². The molecule has 0 bridgehead atoms. The molecule has 2 heterocycles. The molecule has 0 unspecified atom stereocenters. The minimum Gasteiger partial charge on any atom is -0.385 e. The molecule has 0 radical (unpaired) electrons. The van der Waals surface area contributed by atoms with Crippen LogP contribution in [0.2, 0.25) is 0 Å². The fraction of sp³-hybridized carbons (Fsp3) is 0.625. The summed E-state index contributed by atoms with van der Waals surface area (Å²) in [5, 5.41) is 3.27. The molecule has 5 nitrogen and oxygen atoms in total. The second-order valence-corrected chi connectivity index (χ2v) is 5.89. The molecule has 1 aliphatic rings. The number of hydrogen-bond acceptors (Lipinski definition) is 4. The first-order valence-corrected chi connectivity index (χ1v) is 7.69. The van der Waals surface area contributed by atoms with Gasteiger partial charge in [0.1, 0.15) is 0 Å². The summed E-state index contributed by atoms with van der Waals surface area (Å²) in [5.41, 5.74) is 2.50. The Bertz CT molecular complexity index is 493. The van der Waals surface area contributed by atoms with Crippen LogP contribution in [-0.4, -0.2) is 60.5 Å². The van der Waals surface area contributed by atoms with Crippen LogP contribution in [0.5, 0.6) is 0 Å². The minimum absolute atomic E-state index is 0.0932. The third-order valence-electron chi connectivity index (χ3n) is 4.12. The van der Waals surface area contributed by atoms with Crippen LogP contribution in [0.15, 0.2) is 12.3 Å². The van der Waals surface area contributed by atoms with E-state index in [9.17, 15) is 4.79 Å². The lowest BCUT2D eigenvalue weighted by atomic mass is 10.0. The van der Waals surface area contributed by atoms with Crippen LogP contribution in [0.4, 0.5) is 5.69 Å². The number of amides is 1. The first-order chi connectivity index (χ1) is 10.0. The lowest BCUT2D eigenvalue weighted by Crippen LogP contribution is -2.44. The molecule has 116 valence electrons. The number of aromatic nitrogens is 1. The molecule has 0 aliphatic carbocycles. The zero-order chi connectivity index (χ0) is 15.4.